The van der Waals surface area contributed by atoms with E-state index < -0.39 is 23.6 Å². The molecule has 0 aromatic heterocycles. The molecule has 0 spiro atoms. The Kier molecular flexibility index (Phi) is 9.08. The summed E-state index contributed by atoms with van der Waals surface area (Å²) in [4.78, 5) is 88.4. The van der Waals surface area contributed by atoms with Gasteiger partial charge in [0.2, 0.25) is 0 Å². The van der Waals surface area contributed by atoms with Gasteiger partial charge in [-0.3, -0.25) is 33.7 Å². The molecule has 7 aromatic carbocycles. The standard InChI is InChI=1S/C51H43N3O6/c1-3-5-7-9-14-29(15-10-8-6-4-2)52-48(57)38-24-20-32-34-22-26-40-45-41(27-23-35(43(34)45)33-21-25-39(49(52)58)44(38)42(32)33)51(60)54(50(40)59)31-17-13-16-30(28-31)53-46(55)36-18-11-12-19-37(36)47(53)56/h11-13,16-29H,3-10,14-15H2,1-2H3. The van der Waals surface area contributed by atoms with Crippen LogP contribution in [0.2, 0.25) is 0 Å². The summed E-state index contributed by atoms with van der Waals surface area (Å²) in [5.41, 5.74) is 2.81. The van der Waals surface area contributed by atoms with E-state index in [2.05, 4.69) is 13.8 Å². The number of hydrogen-bond donors (Lipinski definition) is 0. The zero-order chi connectivity index (χ0) is 41.4. The number of hydrogen-bond acceptors (Lipinski definition) is 6. The summed E-state index contributed by atoms with van der Waals surface area (Å²) in [7, 11) is 0. The Morgan fingerprint density at radius 3 is 1.17 bits per heavy atom. The van der Waals surface area contributed by atoms with Crippen LogP contribution in [0, 0.1) is 0 Å². The zero-order valence-electron chi connectivity index (χ0n) is 33.7. The molecule has 9 heteroatoms. The summed E-state index contributed by atoms with van der Waals surface area (Å²) in [6.07, 6.45) is 10.2. The molecule has 298 valence electrons. The lowest BCUT2D eigenvalue weighted by molar-refractivity contribution is 0.0516. The Morgan fingerprint density at radius 1 is 0.383 bits per heavy atom. The average Bonchev–Trinajstić information content (AvgIpc) is 3.52. The molecule has 3 heterocycles. The fourth-order valence-corrected chi connectivity index (χ4v) is 10.1. The molecule has 0 saturated carbocycles. The van der Waals surface area contributed by atoms with Crippen LogP contribution in [0.1, 0.15) is 140 Å². The zero-order valence-corrected chi connectivity index (χ0v) is 33.7. The smallest absolute Gasteiger partial charge is 0.266 e. The predicted octanol–water partition coefficient (Wildman–Crippen LogP) is 11.2. The Labute approximate surface area is 346 Å². The van der Waals surface area contributed by atoms with Crippen LogP contribution in [-0.2, 0) is 0 Å². The molecule has 0 N–H and O–H groups in total. The normalized spacial score (nSPS) is 15.1. The molecule has 6 amide bonds. The van der Waals surface area contributed by atoms with Crippen molar-refractivity contribution >= 4 is 89.9 Å². The number of nitrogens with zero attached hydrogens (tertiary/aromatic N) is 3. The molecule has 3 aliphatic rings. The number of amides is 6. The van der Waals surface area contributed by atoms with E-state index in [1.165, 1.54) is 6.07 Å². The van der Waals surface area contributed by atoms with Gasteiger partial charge >= 0.3 is 0 Å². The molecule has 0 atom stereocenters. The third-order valence-corrected chi connectivity index (χ3v) is 13.0. The van der Waals surface area contributed by atoms with Crippen molar-refractivity contribution in [3.05, 3.63) is 130 Å². The fourth-order valence-electron chi connectivity index (χ4n) is 10.1. The van der Waals surface area contributed by atoms with E-state index in [1.54, 1.807) is 59.5 Å². The topological polar surface area (TPSA) is 112 Å². The second kappa shape index (κ2) is 14.5. The third kappa shape index (κ3) is 5.44. The van der Waals surface area contributed by atoms with Crippen molar-refractivity contribution in [2.75, 3.05) is 9.80 Å². The molecule has 3 aliphatic heterocycles. The van der Waals surface area contributed by atoms with E-state index in [0.717, 1.165) is 106 Å². The van der Waals surface area contributed by atoms with Gasteiger partial charge in [0.05, 0.1) is 22.5 Å². The SMILES string of the molecule is CCCCCCC(CCCCCC)N1C(=O)c2ccc3c4ccc5c6c(ccc(c7ccc(c2c37)C1=O)c64)C(=O)N(c1cccc(N2C(=O)c3ccccc3C2=O)c1)C5=O. The number of imide groups is 3. The number of anilines is 2. The van der Waals surface area contributed by atoms with Gasteiger partial charge in [-0.05, 0) is 99.8 Å². The highest BCUT2D eigenvalue weighted by Gasteiger charge is 2.41. The van der Waals surface area contributed by atoms with Gasteiger partial charge in [-0.2, -0.15) is 0 Å². The number of benzene rings is 7. The van der Waals surface area contributed by atoms with E-state index in [4.69, 9.17) is 0 Å². The molecule has 0 saturated heterocycles. The van der Waals surface area contributed by atoms with Crippen molar-refractivity contribution in [2.45, 2.75) is 84.1 Å². The predicted molar refractivity (Wildman–Crippen MR) is 235 cm³/mol. The van der Waals surface area contributed by atoms with E-state index in [1.807, 2.05) is 36.4 Å². The monoisotopic (exact) mass is 793 g/mol. The fraction of sp³-hybridized carbons (Fsp3) is 0.255. The summed E-state index contributed by atoms with van der Waals surface area (Å²) >= 11 is 0. The first-order valence-corrected chi connectivity index (χ1v) is 21.3. The first-order valence-electron chi connectivity index (χ1n) is 21.3. The van der Waals surface area contributed by atoms with Gasteiger partial charge in [0, 0.05) is 39.1 Å². The molecule has 0 fully saturated rings. The Balaban J connectivity index is 1.05. The van der Waals surface area contributed by atoms with Crippen LogP contribution in [0.3, 0.4) is 0 Å². The van der Waals surface area contributed by atoms with Crippen molar-refractivity contribution in [2.24, 2.45) is 0 Å². The van der Waals surface area contributed by atoms with Gasteiger partial charge in [0.25, 0.3) is 35.4 Å². The van der Waals surface area contributed by atoms with Gasteiger partial charge in [-0.1, -0.05) is 108 Å². The van der Waals surface area contributed by atoms with E-state index in [-0.39, 0.29) is 29.2 Å². The molecule has 0 aliphatic carbocycles. The molecule has 9 nitrogen and oxygen atoms in total. The highest BCUT2D eigenvalue weighted by Crippen LogP contribution is 2.47. The molecule has 0 bridgehead atoms. The quantitative estimate of drug-likeness (QED) is 0.0497. The van der Waals surface area contributed by atoms with E-state index >= 15 is 0 Å². The van der Waals surface area contributed by atoms with Crippen LogP contribution in [0.25, 0.3) is 43.1 Å². The van der Waals surface area contributed by atoms with Gasteiger partial charge < -0.3 is 0 Å². The number of unbranched alkanes of at least 4 members (excludes halogenated alkanes) is 6. The van der Waals surface area contributed by atoms with Crippen LogP contribution in [0.15, 0.2) is 97.1 Å². The molecule has 10 rings (SSSR count). The highest BCUT2D eigenvalue weighted by molar-refractivity contribution is 6.44. The number of carbonyl (C=O) groups excluding carboxylic acids is 6. The maximum absolute atomic E-state index is 14.5. The molecule has 0 unspecified atom stereocenters. The minimum atomic E-state index is -0.526. The second-order valence-corrected chi connectivity index (χ2v) is 16.4. The van der Waals surface area contributed by atoms with Gasteiger partial charge in [-0.15, -0.1) is 0 Å². The van der Waals surface area contributed by atoms with Crippen molar-refractivity contribution < 1.29 is 28.8 Å². The lowest BCUT2D eigenvalue weighted by Crippen LogP contribution is -2.47. The van der Waals surface area contributed by atoms with Crippen LogP contribution >= 0.6 is 0 Å². The van der Waals surface area contributed by atoms with Gasteiger partial charge in [0.15, 0.2) is 0 Å². The Hall–Kier alpha value is -6.74. The number of carbonyl (C=O) groups is 6. The third-order valence-electron chi connectivity index (χ3n) is 13.0. The van der Waals surface area contributed by atoms with Crippen LogP contribution in [-0.4, -0.2) is 46.4 Å². The summed E-state index contributed by atoms with van der Waals surface area (Å²) in [5.74, 6) is -2.48. The lowest BCUT2D eigenvalue weighted by Gasteiger charge is -2.35. The summed E-state index contributed by atoms with van der Waals surface area (Å²) in [5, 5.41) is 6.08. The molecular weight excluding hydrogens is 751 g/mol. The second-order valence-electron chi connectivity index (χ2n) is 16.4. The van der Waals surface area contributed by atoms with E-state index in [9.17, 15) is 28.8 Å². The van der Waals surface area contributed by atoms with Crippen LogP contribution < -0.4 is 9.80 Å². The lowest BCUT2D eigenvalue weighted by atomic mass is 9.82. The summed E-state index contributed by atoms with van der Waals surface area (Å²) in [6, 6.07) is 27.7. The van der Waals surface area contributed by atoms with Crippen LogP contribution in [0.5, 0.6) is 0 Å². The molecular formula is C51H43N3O6. The van der Waals surface area contributed by atoms with Crippen molar-refractivity contribution in [1.82, 2.24) is 4.90 Å². The number of rotatable bonds is 13. The first-order chi connectivity index (χ1) is 29.2. The summed E-state index contributed by atoms with van der Waals surface area (Å²) < 4.78 is 0. The van der Waals surface area contributed by atoms with Crippen LogP contribution in [0.4, 0.5) is 11.4 Å². The van der Waals surface area contributed by atoms with Crippen molar-refractivity contribution in [3.8, 4) is 0 Å². The average molecular weight is 794 g/mol. The highest BCUT2D eigenvalue weighted by atomic mass is 16.2. The van der Waals surface area contributed by atoms with Crippen molar-refractivity contribution in [3.63, 3.8) is 0 Å². The Bertz CT molecular complexity index is 2850. The number of fused-ring (bicyclic) bond motifs is 3. The largest absolute Gasteiger partial charge is 0.271 e. The maximum atomic E-state index is 14.5. The first kappa shape index (κ1) is 37.5. The Morgan fingerprint density at radius 2 is 0.767 bits per heavy atom. The molecule has 7 aromatic rings. The van der Waals surface area contributed by atoms with Gasteiger partial charge in [-0.25, -0.2) is 9.80 Å². The van der Waals surface area contributed by atoms with Crippen molar-refractivity contribution in [1.29, 1.82) is 0 Å². The van der Waals surface area contributed by atoms with E-state index in [0.29, 0.717) is 44.2 Å². The minimum Gasteiger partial charge on any atom is -0.271 e. The molecule has 0 radical (unpaired) electrons. The van der Waals surface area contributed by atoms with Gasteiger partial charge in [0.1, 0.15) is 0 Å². The summed E-state index contributed by atoms with van der Waals surface area (Å²) in [6.45, 7) is 4.36. The molecule has 60 heavy (non-hydrogen) atoms. The minimum absolute atomic E-state index is 0.162. The maximum Gasteiger partial charge on any atom is 0.266 e.